The van der Waals surface area contributed by atoms with Crippen molar-refractivity contribution in [2.24, 2.45) is 11.1 Å². The Labute approximate surface area is 106 Å². The third-order valence-electron chi connectivity index (χ3n) is 4.39. The Balaban J connectivity index is 1.83. The topological polar surface area (TPSA) is 32.5 Å². The first-order chi connectivity index (χ1) is 8.11. The van der Waals surface area contributed by atoms with E-state index in [1.54, 1.807) is 0 Å². The molecule has 0 saturated carbocycles. The summed E-state index contributed by atoms with van der Waals surface area (Å²) in [6.07, 6.45) is 5.39. The molecule has 2 rings (SSSR count). The van der Waals surface area contributed by atoms with Gasteiger partial charge in [-0.05, 0) is 37.8 Å². The van der Waals surface area contributed by atoms with Crippen molar-refractivity contribution in [2.75, 3.05) is 39.3 Å². The van der Waals surface area contributed by atoms with Gasteiger partial charge in [0, 0.05) is 32.2 Å². The van der Waals surface area contributed by atoms with Crippen LogP contribution in [0.15, 0.2) is 0 Å². The monoisotopic (exact) mass is 239 g/mol. The van der Waals surface area contributed by atoms with E-state index in [9.17, 15) is 0 Å². The smallest absolute Gasteiger partial charge is 0.0223 e. The number of fused-ring (bicyclic) bond motifs is 1. The van der Waals surface area contributed by atoms with E-state index in [2.05, 4.69) is 23.6 Å². The molecule has 0 aliphatic carbocycles. The molecule has 0 aromatic carbocycles. The lowest BCUT2D eigenvalue weighted by Gasteiger charge is -2.46. The lowest BCUT2D eigenvalue weighted by molar-refractivity contribution is 0.0306. The maximum absolute atomic E-state index is 5.70. The Morgan fingerprint density at radius 2 is 2.00 bits per heavy atom. The van der Waals surface area contributed by atoms with Crippen LogP contribution in [0.25, 0.3) is 0 Å². The Morgan fingerprint density at radius 1 is 1.18 bits per heavy atom. The highest BCUT2D eigenvalue weighted by atomic mass is 15.3. The third-order valence-corrected chi connectivity index (χ3v) is 4.39. The van der Waals surface area contributed by atoms with Gasteiger partial charge in [0.2, 0.25) is 0 Å². The summed E-state index contributed by atoms with van der Waals surface area (Å²) in [7, 11) is 0. The van der Waals surface area contributed by atoms with Gasteiger partial charge in [-0.1, -0.05) is 20.3 Å². The van der Waals surface area contributed by atoms with Crippen molar-refractivity contribution in [1.82, 2.24) is 9.80 Å². The summed E-state index contributed by atoms with van der Waals surface area (Å²) < 4.78 is 0. The summed E-state index contributed by atoms with van der Waals surface area (Å²) in [5.74, 6) is 0. The molecule has 3 nitrogen and oxygen atoms in total. The predicted octanol–water partition coefficient (Wildman–Crippen LogP) is 1.53. The molecule has 17 heavy (non-hydrogen) atoms. The summed E-state index contributed by atoms with van der Waals surface area (Å²) in [6.45, 7) is 11.9. The summed E-state index contributed by atoms with van der Waals surface area (Å²) >= 11 is 0. The molecule has 0 amide bonds. The van der Waals surface area contributed by atoms with Crippen LogP contribution in [0.4, 0.5) is 0 Å². The van der Waals surface area contributed by atoms with E-state index in [1.165, 1.54) is 52.0 Å². The molecular formula is C14H29N3. The van der Waals surface area contributed by atoms with Gasteiger partial charge < -0.3 is 5.73 Å². The molecule has 2 aliphatic heterocycles. The van der Waals surface area contributed by atoms with Gasteiger partial charge in [-0.25, -0.2) is 0 Å². The maximum Gasteiger partial charge on any atom is 0.0223 e. The molecule has 0 spiro atoms. The van der Waals surface area contributed by atoms with Crippen LogP contribution in [0.3, 0.4) is 0 Å². The van der Waals surface area contributed by atoms with E-state index < -0.39 is 0 Å². The summed E-state index contributed by atoms with van der Waals surface area (Å²) in [5.41, 5.74) is 6.08. The van der Waals surface area contributed by atoms with Crippen LogP contribution in [0.1, 0.15) is 39.5 Å². The molecule has 2 aliphatic rings. The third kappa shape index (κ3) is 3.67. The Morgan fingerprint density at radius 3 is 2.76 bits per heavy atom. The lowest BCUT2D eigenvalue weighted by Crippen LogP contribution is -2.56. The normalized spacial score (nSPS) is 28.1. The van der Waals surface area contributed by atoms with Gasteiger partial charge in [0.05, 0.1) is 0 Å². The Hall–Kier alpha value is -0.120. The summed E-state index contributed by atoms with van der Waals surface area (Å²) in [6, 6.07) is 0.839. The van der Waals surface area contributed by atoms with Crippen LogP contribution in [0, 0.1) is 5.41 Å². The van der Waals surface area contributed by atoms with Gasteiger partial charge in [-0.3, -0.25) is 9.80 Å². The summed E-state index contributed by atoms with van der Waals surface area (Å²) in [5, 5.41) is 0. The molecule has 2 N–H and O–H groups in total. The number of piperidine rings is 1. The minimum absolute atomic E-state index is 0.381. The SMILES string of the molecule is CC(C)(CCN)CN1CCN2CCCCC2C1. The predicted molar refractivity (Wildman–Crippen MR) is 73.1 cm³/mol. The van der Waals surface area contributed by atoms with E-state index in [0.717, 1.165) is 19.0 Å². The first-order valence-electron chi connectivity index (χ1n) is 7.27. The molecule has 0 aromatic rings. The van der Waals surface area contributed by atoms with Crippen molar-refractivity contribution in [3.05, 3.63) is 0 Å². The summed E-state index contributed by atoms with van der Waals surface area (Å²) in [4.78, 5) is 5.37. The fraction of sp³-hybridized carbons (Fsp3) is 1.00. The molecule has 0 bridgehead atoms. The second-order valence-electron chi connectivity index (χ2n) is 6.62. The standard InChI is InChI=1S/C14H29N3/c1-14(2,6-7-15)12-16-9-10-17-8-4-3-5-13(17)11-16/h13H,3-12,15H2,1-2H3. The van der Waals surface area contributed by atoms with Crippen LogP contribution in [-0.4, -0.2) is 55.1 Å². The molecule has 1 unspecified atom stereocenters. The molecule has 2 heterocycles. The van der Waals surface area contributed by atoms with Gasteiger partial charge >= 0.3 is 0 Å². The average Bonchev–Trinajstić information content (AvgIpc) is 2.28. The molecule has 100 valence electrons. The highest BCUT2D eigenvalue weighted by Gasteiger charge is 2.31. The van der Waals surface area contributed by atoms with E-state index in [4.69, 9.17) is 5.73 Å². The molecule has 2 fully saturated rings. The highest BCUT2D eigenvalue weighted by molar-refractivity contribution is 4.87. The van der Waals surface area contributed by atoms with Crippen molar-refractivity contribution in [2.45, 2.75) is 45.6 Å². The zero-order chi connectivity index (χ0) is 12.3. The first kappa shape index (κ1) is 13.3. The molecule has 2 saturated heterocycles. The van der Waals surface area contributed by atoms with Crippen LogP contribution in [0.5, 0.6) is 0 Å². The van der Waals surface area contributed by atoms with E-state index in [0.29, 0.717) is 5.41 Å². The number of piperazine rings is 1. The minimum atomic E-state index is 0.381. The van der Waals surface area contributed by atoms with Gasteiger partial charge in [0.25, 0.3) is 0 Å². The van der Waals surface area contributed by atoms with Crippen LogP contribution in [-0.2, 0) is 0 Å². The van der Waals surface area contributed by atoms with Crippen molar-refractivity contribution in [3.8, 4) is 0 Å². The zero-order valence-electron chi connectivity index (χ0n) is 11.6. The quantitative estimate of drug-likeness (QED) is 0.807. The van der Waals surface area contributed by atoms with Gasteiger partial charge in [-0.15, -0.1) is 0 Å². The first-order valence-corrected chi connectivity index (χ1v) is 7.27. The van der Waals surface area contributed by atoms with Crippen molar-refractivity contribution in [1.29, 1.82) is 0 Å². The minimum Gasteiger partial charge on any atom is -0.330 e. The Bertz CT molecular complexity index is 240. The maximum atomic E-state index is 5.70. The lowest BCUT2D eigenvalue weighted by atomic mass is 9.88. The number of nitrogens with two attached hydrogens (primary N) is 1. The molecular weight excluding hydrogens is 210 g/mol. The van der Waals surface area contributed by atoms with Crippen LogP contribution >= 0.6 is 0 Å². The molecule has 0 radical (unpaired) electrons. The molecule has 3 heteroatoms. The number of rotatable bonds is 4. The van der Waals surface area contributed by atoms with Crippen molar-refractivity contribution < 1.29 is 0 Å². The second-order valence-corrected chi connectivity index (χ2v) is 6.62. The van der Waals surface area contributed by atoms with Crippen molar-refractivity contribution >= 4 is 0 Å². The van der Waals surface area contributed by atoms with Crippen LogP contribution in [0.2, 0.25) is 0 Å². The van der Waals surface area contributed by atoms with E-state index in [1.807, 2.05) is 0 Å². The van der Waals surface area contributed by atoms with Gasteiger partial charge in [0.15, 0.2) is 0 Å². The average molecular weight is 239 g/mol. The van der Waals surface area contributed by atoms with Crippen LogP contribution < -0.4 is 5.73 Å². The zero-order valence-corrected chi connectivity index (χ0v) is 11.6. The second kappa shape index (κ2) is 5.68. The van der Waals surface area contributed by atoms with Crippen molar-refractivity contribution in [3.63, 3.8) is 0 Å². The van der Waals surface area contributed by atoms with E-state index in [-0.39, 0.29) is 0 Å². The van der Waals surface area contributed by atoms with Gasteiger partial charge in [0.1, 0.15) is 0 Å². The number of nitrogens with zero attached hydrogens (tertiary/aromatic N) is 2. The Kier molecular flexibility index (Phi) is 4.45. The fourth-order valence-electron chi connectivity index (χ4n) is 3.44. The largest absolute Gasteiger partial charge is 0.330 e. The number of hydrogen-bond acceptors (Lipinski definition) is 3. The van der Waals surface area contributed by atoms with E-state index >= 15 is 0 Å². The molecule has 1 atom stereocenters. The highest BCUT2D eigenvalue weighted by Crippen LogP contribution is 2.25. The number of hydrogen-bond donors (Lipinski definition) is 1. The van der Waals surface area contributed by atoms with Gasteiger partial charge in [-0.2, -0.15) is 0 Å². The molecule has 0 aromatic heterocycles. The fourth-order valence-corrected chi connectivity index (χ4v) is 3.44.